The van der Waals surface area contributed by atoms with Crippen molar-refractivity contribution in [1.29, 1.82) is 0 Å². The molecule has 0 radical (unpaired) electrons. The number of likely N-dealkylation sites (tertiary alicyclic amines) is 1. The molecule has 0 unspecified atom stereocenters. The van der Waals surface area contributed by atoms with E-state index in [4.69, 9.17) is 23.7 Å². The Balaban J connectivity index is 1.63. The van der Waals surface area contributed by atoms with Gasteiger partial charge in [0.25, 0.3) is 0 Å². The zero-order chi connectivity index (χ0) is 23.4. The van der Waals surface area contributed by atoms with Gasteiger partial charge in [-0.3, -0.25) is 4.90 Å². The molecule has 10 nitrogen and oxygen atoms in total. The highest BCUT2D eigenvalue weighted by atomic mass is 16.7. The zero-order valence-electron chi connectivity index (χ0n) is 19.3. The Hall–Kier alpha value is -2.82. The van der Waals surface area contributed by atoms with Crippen molar-refractivity contribution in [2.24, 2.45) is 0 Å². The number of nitrogens with one attached hydrogen (secondary N) is 2. The van der Waals surface area contributed by atoms with Crippen LogP contribution in [-0.2, 0) is 19.0 Å². The van der Waals surface area contributed by atoms with E-state index < -0.39 is 17.8 Å². The second-order valence-corrected chi connectivity index (χ2v) is 8.14. The first-order valence-corrected chi connectivity index (χ1v) is 11.2. The highest BCUT2D eigenvalue weighted by Gasteiger charge is 2.41. The molecule has 1 spiro atoms. The molecule has 0 bridgehead atoms. The van der Waals surface area contributed by atoms with Crippen molar-refractivity contribution < 1.29 is 33.3 Å². The number of amides is 2. The molecule has 33 heavy (non-hydrogen) atoms. The second kappa shape index (κ2) is 9.98. The van der Waals surface area contributed by atoms with Crippen LogP contribution in [0.3, 0.4) is 0 Å². The van der Waals surface area contributed by atoms with Gasteiger partial charge in [-0.15, -0.1) is 0 Å². The van der Waals surface area contributed by atoms with E-state index in [9.17, 15) is 9.59 Å². The lowest BCUT2D eigenvalue weighted by Crippen LogP contribution is -2.51. The van der Waals surface area contributed by atoms with E-state index in [-0.39, 0.29) is 12.6 Å². The number of carbonyl (C=O) groups is 2. The Morgan fingerprint density at radius 1 is 1.15 bits per heavy atom. The van der Waals surface area contributed by atoms with Gasteiger partial charge in [-0.2, -0.15) is 0 Å². The van der Waals surface area contributed by atoms with Gasteiger partial charge in [0.2, 0.25) is 0 Å². The first-order valence-electron chi connectivity index (χ1n) is 11.2. The van der Waals surface area contributed by atoms with Crippen LogP contribution in [-0.4, -0.2) is 76.4 Å². The first-order chi connectivity index (χ1) is 16.0. The van der Waals surface area contributed by atoms with E-state index in [0.29, 0.717) is 48.1 Å². The number of piperidine rings is 1. The largest absolute Gasteiger partial charge is 0.493 e. The molecule has 3 aliphatic rings. The third-order valence-corrected chi connectivity index (χ3v) is 6.20. The summed E-state index contributed by atoms with van der Waals surface area (Å²) in [5.74, 6) is 0.0946. The molecule has 1 aromatic rings. The number of ether oxygens (including phenoxy) is 5. The van der Waals surface area contributed by atoms with Gasteiger partial charge in [0.1, 0.15) is 0 Å². The fourth-order valence-electron chi connectivity index (χ4n) is 4.54. The van der Waals surface area contributed by atoms with E-state index in [2.05, 4.69) is 15.5 Å². The minimum atomic E-state index is -0.690. The maximum absolute atomic E-state index is 13.0. The summed E-state index contributed by atoms with van der Waals surface area (Å²) in [4.78, 5) is 27.8. The molecule has 3 heterocycles. The topological polar surface area (TPSA) is 108 Å². The predicted octanol–water partition coefficient (Wildman–Crippen LogP) is 1.71. The van der Waals surface area contributed by atoms with Crippen LogP contribution < -0.4 is 20.1 Å². The number of hydrogen-bond acceptors (Lipinski definition) is 8. The van der Waals surface area contributed by atoms with Gasteiger partial charge in [0.15, 0.2) is 17.3 Å². The standard InChI is InChI=1S/C23H31N3O7/c1-4-31-21(27)19-16(14-26-9-7-23(8-10-26)32-11-12-33-23)24-22(28)25-20(19)15-5-6-17(29-2)18(13-15)30-3/h5-6,13,20H,4,7-12,14H2,1-3H3,(H2,24,25,28)/t20-/m0/s1. The molecule has 2 saturated heterocycles. The van der Waals surface area contributed by atoms with Gasteiger partial charge in [-0.05, 0) is 24.6 Å². The molecule has 2 N–H and O–H groups in total. The van der Waals surface area contributed by atoms with E-state index in [1.807, 2.05) is 0 Å². The van der Waals surface area contributed by atoms with Crippen LogP contribution in [0.5, 0.6) is 11.5 Å². The van der Waals surface area contributed by atoms with Crippen molar-refractivity contribution in [3.05, 3.63) is 35.0 Å². The lowest BCUT2D eigenvalue weighted by atomic mass is 9.94. The SMILES string of the molecule is CCOC(=O)C1=C(CN2CCC3(CC2)OCCO3)NC(=O)N[C@H]1c1ccc(OC)c(OC)c1. The number of benzene rings is 1. The molecular weight excluding hydrogens is 430 g/mol. The Bertz CT molecular complexity index is 917. The van der Waals surface area contributed by atoms with E-state index >= 15 is 0 Å². The summed E-state index contributed by atoms with van der Waals surface area (Å²) >= 11 is 0. The van der Waals surface area contributed by atoms with Gasteiger partial charge >= 0.3 is 12.0 Å². The van der Waals surface area contributed by atoms with Gasteiger partial charge in [-0.1, -0.05) is 6.07 Å². The van der Waals surface area contributed by atoms with Crippen LogP contribution in [0.25, 0.3) is 0 Å². The molecule has 4 rings (SSSR count). The predicted molar refractivity (Wildman–Crippen MR) is 118 cm³/mol. The molecule has 1 aromatic carbocycles. The lowest BCUT2D eigenvalue weighted by molar-refractivity contribution is -0.184. The number of esters is 1. The molecule has 0 aromatic heterocycles. The van der Waals surface area contributed by atoms with Crippen LogP contribution in [0.2, 0.25) is 0 Å². The van der Waals surface area contributed by atoms with Gasteiger partial charge in [0.05, 0.1) is 45.7 Å². The van der Waals surface area contributed by atoms with Crippen LogP contribution >= 0.6 is 0 Å². The Morgan fingerprint density at radius 3 is 2.48 bits per heavy atom. The molecule has 10 heteroatoms. The average Bonchev–Trinajstić information content (AvgIpc) is 3.28. The molecule has 180 valence electrons. The summed E-state index contributed by atoms with van der Waals surface area (Å²) in [6, 6.07) is 4.23. The van der Waals surface area contributed by atoms with Gasteiger partial charge in [0, 0.05) is 38.2 Å². The van der Waals surface area contributed by atoms with Crippen LogP contribution in [0.4, 0.5) is 4.79 Å². The van der Waals surface area contributed by atoms with Gasteiger partial charge in [-0.25, -0.2) is 9.59 Å². The van der Waals surface area contributed by atoms with Gasteiger partial charge < -0.3 is 34.3 Å². The summed E-state index contributed by atoms with van der Waals surface area (Å²) in [5, 5.41) is 5.69. The summed E-state index contributed by atoms with van der Waals surface area (Å²) in [7, 11) is 3.09. The van der Waals surface area contributed by atoms with E-state index in [1.165, 1.54) is 7.11 Å². The van der Waals surface area contributed by atoms with Crippen molar-refractivity contribution in [3.8, 4) is 11.5 Å². The molecule has 0 aliphatic carbocycles. The zero-order valence-corrected chi connectivity index (χ0v) is 19.3. The third-order valence-electron chi connectivity index (χ3n) is 6.20. The van der Waals surface area contributed by atoms with Crippen molar-refractivity contribution >= 4 is 12.0 Å². The number of hydrogen-bond donors (Lipinski definition) is 2. The maximum atomic E-state index is 13.0. The Labute approximate surface area is 193 Å². The molecule has 0 saturated carbocycles. The molecule has 2 amide bonds. The molecule has 1 atom stereocenters. The minimum absolute atomic E-state index is 0.225. The third kappa shape index (κ3) is 4.92. The second-order valence-electron chi connectivity index (χ2n) is 8.14. The van der Waals surface area contributed by atoms with Crippen LogP contribution in [0.15, 0.2) is 29.5 Å². The minimum Gasteiger partial charge on any atom is -0.493 e. The fraction of sp³-hybridized carbons (Fsp3) is 0.565. The quantitative estimate of drug-likeness (QED) is 0.591. The molecule has 2 fully saturated rings. The fourth-order valence-corrected chi connectivity index (χ4v) is 4.54. The average molecular weight is 462 g/mol. The number of carbonyl (C=O) groups excluding carboxylic acids is 2. The Morgan fingerprint density at radius 2 is 1.85 bits per heavy atom. The summed E-state index contributed by atoms with van der Waals surface area (Å²) in [5.41, 5.74) is 1.59. The number of methoxy groups -OCH3 is 2. The number of nitrogens with zero attached hydrogens (tertiary/aromatic N) is 1. The number of rotatable bonds is 7. The van der Waals surface area contributed by atoms with E-state index in [1.54, 1.807) is 32.2 Å². The lowest BCUT2D eigenvalue weighted by Gasteiger charge is -2.39. The monoisotopic (exact) mass is 461 g/mol. The highest BCUT2D eigenvalue weighted by molar-refractivity contribution is 5.95. The van der Waals surface area contributed by atoms with Crippen LogP contribution in [0.1, 0.15) is 31.4 Å². The summed E-state index contributed by atoms with van der Waals surface area (Å²) < 4.78 is 27.7. The van der Waals surface area contributed by atoms with Crippen LogP contribution in [0, 0.1) is 0 Å². The summed E-state index contributed by atoms with van der Waals surface area (Å²) in [6.07, 6.45) is 1.47. The van der Waals surface area contributed by atoms with Crippen molar-refractivity contribution in [2.75, 3.05) is 53.7 Å². The number of urea groups is 1. The summed E-state index contributed by atoms with van der Waals surface area (Å²) in [6.45, 7) is 5.07. The molecular formula is C23H31N3O7. The first kappa shape index (κ1) is 23.3. The normalized spacial score (nSPS) is 22.6. The maximum Gasteiger partial charge on any atom is 0.338 e. The van der Waals surface area contributed by atoms with Crippen molar-refractivity contribution in [1.82, 2.24) is 15.5 Å². The van der Waals surface area contributed by atoms with E-state index in [0.717, 1.165) is 25.9 Å². The van der Waals surface area contributed by atoms with Crippen molar-refractivity contribution in [3.63, 3.8) is 0 Å². The smallest absolute Gasteiger partial charge is 0.338 e. The molecule has 3 aliphatic heterocycles. The highest BCUT2D eigenvalue weighted by Crippen LogP contribution is 2.35. The van der Waals surface area contributed by atoms with Crippen molar-refractivity contribution in [2.45, 2.75) is 31.6 Å². The Kier molecular flexibility index (Phi) is 7.06.